The van der Waals surface area contributed by atoms with Gasteiger partial charge in [0, 0.05) is 25.5 Å². The van der Waals surface area contributed by atoms with Crippen molar-refractivity contribution in [2.75, 3.05) is 6.54 Å². The molecule has 1 heterocycles. The number of amides is 1. The quantitative estimate of drug-likeness (QED) is 0.822. The largest absolute Gasteiger partial charge is 0.440 e. The summed E-state index contributed by atoms with van der Waals surface area (Å²) >= 11 is 0. The van der Waals surface area contributed by atoms with Gasteiger partial charge in [0.2, 0.25) is 5.91 Å². The van der Waals surface area contributed by atoms with Crippen LogP contribution in [0.5, 0.6) is 0 Å². The maximum absolute atomic E-state index is 10.9. The van der Waals surface area contributed by atoms with E-state index in [0.29, 0.717) is 6.54 Å². The van der Waals surface area contributed by atoms with Crippen LogP contribution in [0, 0.1) is 0 Å². The topological polar surface area (TPSA) is 55.1 Å². The minimum Gasteiger partial charge on any atom is -0.440 e. The van der Waals surface area contributed by atoms with Crippen LogP contribution in [0.2, 0.25) is 0 Å². The molecule has 0 fully saturated rings. The fraction of sp³-hybridized carbons (Fsp3) is 0.375. The number of oxazole rings is 1. The van der Waals surface area contributed by atoms with Gasteiger partial charge in [0.05, 0.1) is 0 Å². The van der Waals surface area contributed by atoms with Crippen molar-refractivity contribution in [3.8, 4) is 0 Å². The average Bonchev–Trinajstić information content (AvgIpc) is 2.86. The summed E-state index contributed by atoms with van der Waals surface area (Å²) in [5, 5.41) is 2.81. The highest BCUT2D eigenvalue weighted by atomic mass is 16.3. The van der Waals surface area contributed by atoms with E-state index < -0.39 is 0 Å². The molecular weight excluding hydrogens is 252 g/mol. The molecule has 0 aliphatic heterocycles. The Kier molecular flexibility index (Phi) is 4.56. The fourth-order valence-corrected chi connectivity index (χ4v) is 2.24. The number of rotatable bonds is 6. The second-order valence-corrected chi connectivity index (χ2v) is 4.73. The van der Waals surface area contributed by atoms with Gasteiger partial charge in [-0.1, -0.05) is 25.6 Å². The molecule has 0 saturated heterocycles. The summed E-state index contributed by atoms with van der Waals surface area (Å²) in [7, 11) is 0. The lowest BCUT2D eigenvalue weighted by Gasteiger charge is -2.07. The highest BCUT2D eigenvalue weighted by Crippen LogP contribution is 2.25. The molecule has 0 atom stereocenters. The van der Waals surface area contributed by atoms with Crippen molar-refractivity contribution in [2.24, 2.45) is 0 Å². The Morgan fingerprint density at radius 1 is 1.50 bits per heavy atom. The van der Waals surface area contributed by atoms with Crippen LogP contribution in [0.25, 0.3) is 17.2 Å². The summed E-state index contributed by atoms with van der Waals surface area (Å²) in [4.78, 5) is 15.3. The van der Waals surface area contributed by atoms with Gasteiger partial charge >= 0.3 is 0 Å². The van der Waals surface area contributed by atoms with Crippen molar-refractivity contribution in [1.82, 2.24) is 10.3 Å². The third-order valence-corrected chi connectivity index (χ3v) is 3.24. The Morgan fingerprint density at radius 2 is 2.30 bits per heavy atom. The van der Waals surface area contributed by atoms with Crippen LogP contribution < -0.4 is 5.32 Å². The van der Waals surface area contributed by atoms with Gasteiger partial charge in [0.1, 0.15) is 5.52 Å². The molecule has 2 rings (SSSR count). The molecule has 0 spiro atoms. The normalized spacial score (nSPS) is 10.7. The Hall–Kier alpha value is -2.10. The molecular formula is C16H20N2O2. The Balaban J connectivity index is 2.25. The molecule has 106 valence electrons. The van der Waals surface area contributed by atoms with Gasteiger partial charge in [-0.25, -0.2) is 4.98 Å². The van der Waals surface area contributed by atoms with E-state index in [9.17, 15) is 4.79 Å². The predicted octanol–water partition coefficient (Wildman–Crippen LogP) is 3.10. The standard InChI is InChI=1S/C16H20N2O2/c1-4-12-8-9-14-16(20-15(5-2)18-14)13(12)7-6-10-17-11(3)19/h4,8-9H,1,5-7,10H2,2-3H3,(H,17,19). The zero-order valence-corrected chi connectivity index (χ0v) is 12.0. The zero-order valence-electron chi connectivity index (χ0n) is 12.0. The molecule has 2 aromatic rings. The smallest absolute Gasteiger partial charge is 0.216 e. The monoisotopic (exact) mass is 272 g/mol. The number of nitrogens with zero attached hydrogens (tertiary/aromatic N) is 1. The van der Waals surface area contributed by atoms with Crippen molar-refractivity contribution in [1.29, 1.82) is 0 Å². The first-order valence-corrected chi connectivity index (χ1v) is 6.93. The third-order valence-electron chi connectivity index (χ3n) is 3.24. The number of hydrogen-bond acceptors (Lipinski definition) is 3. The molecule has 1 N–H and O–H groups in total. The summed E-state index contributed by atoms with van der Waals surface area (Å²) in [6, 6.07) is 3.98. The summed E-state index contributed by atoms with van der Waals surface area (Å²) in [5.74, 6) is 0.754. The van der Waals surface area contributed by atoms with Crippen LogP contribution >= 0.6 is 0 Å². The fourth-order valence-electron chi connectivity index (χ4n) is 2.24. The molecule has 0 aliphatic rings. The number of aromatic nitrogens is 1. The number of carbonyl (C=O) groups is 1. The Morgan fingerprint density at radius 3 is 2.95 bits per heavy atom. The molecule has 4 heteroatoms. The molecule has 0 unspecified atom stereocenters. The van der Waals surface area contributed by atoms with E-state index >= 15 is 0 Å². The van der Waals surface area contributed by atoms with Gasteiger partial charge in [-0.15, -0.1) is 0 Å². The summed E-state index contributed by atoms with van der Waals surface area (Å²) in [5.41, 5.74) is 3.93. The van der Waals surface area contributed by atoms with Crippen LogP contribution in [0.1, 0.15) is 37.3 Å². The lowest BCUT2D eigenvalue weighted by Crippen LogP contribution is -2.21. The summed E-state index contributed by atoms with van der Waals surface area (Å²) in [6.45, 7) is 8.06. The predicted molar refractivity (Wildman–Crippen MR) is 80.5 cm³/mol. The first-order chi connectivity index (χ1) is 9.65. The molecule has 20 heavy (non-hydrogen) atoms. The first-order valence-electron chi connectivity index (χ1n) is 6.93. The second-order valence-electron chi connectivity index (χ2n) is 4.73. The minimum absolute atomic E-state index is 0.0000808. The number of fused-ring (bicyclic) bond motifs is 1. The van der Waals surface area contributed by atoms with Gasteiger partial charge in [-0.2, -0.15) is 0 Å². The van der Waals surface area contributed by atoms with Crippen molar-refractivity contribution < 1.29 is 9.21 Å². The maximum Gasteiger partial charge on any atom is 0.216 e. The van der Waals surface area contributed by atoms with E-state index in [1.165, 1.54) is 6.92 Å². The molecule has 0 bridgehead atoms. The average molecular weight is 272 g/mol. The lowest BCUT2D eigenvalue weighted by molar-refractivity contribution is -0.118. The van der Waals surface area contributed by atoms with Crippen molar-refractivity contribution >= 4 is 23.1 Å². The second kappa shape index (κ2) is 6.37. The Bertz CT molecular complexity index is 629. The van der Waals surface area contributed by atoms with Crippen LogP contribution in [-0.4, -0.2) is 17.4 Å². The van der Waals surface area contributed by atoms with Gasteiger partial charge in [0.25, 0.3) is 0 Å². The van der Waals surface area contributed by atoms with Gasteiger partial charge in [-0.05, 0) is 24.5 Å². The number of aryl methyl sites for hydroxylation is 2. The van der Waals surface area contributed by atoms with Crippen molar-refractivity contribution in [3.63, 3.8) is 0 Å². The number of nitrogens with one attached hydrogen (secondary N) is 1. The first kappa shape index (κ1) is 14.3. The van der Waals surface area contributed by atoms with E-state index in [2.05, 4.69) is 16.9 Å². The van der Waals surface area contributed by atoms with E-state index in [0.717, 1.165) is 47.4 Å². The molecule has 1 aromatic carbocycles. The zero-order chi connectivity index (χ0) is 14.5. The summed E-state index contributed by atoms with van der Waals surface area (Å²) < 4.78 is 5.82. The summed E-state index contributed by atoms with van der Waals surface area (Å²) in [6.07, 6.45) is 4.31. The van der Waals surface area contributed by atoms with Crippen LogP contribution in [0.3, 0.4) is 0 Å². The SMILES string of the molecule is C=Cc1ccc2nc(CC)oc2c1CCCNC(C)=O. The minimum atomic E-state index is 0.0000808. The van der Waals surface area contributed by atoms with Crippen molar-refractivity contribution in [2.45, 2.75) is 33.1 Å². The van der Waals surface area contributed by atoms with Crippen LogP contribution in [0.15, 0.2) is 23.1 Å². The molecule has 0 aliphatic carbocycles. The third kappa shape index (κ3) is 3.07. The Labute approximate surface area is 118 Å². The van der Waals surface area contributed by atoms with Gasteiger partial charge in [-0.3, -0.25) is 4.79 Å². The number of carbonyl (C=O) groups excluding carboxylic acids is 1. The van der Waals surface area contributed by atoms with Gasteiger partial charge < -0.3 is 9.73 Å². The van der Waals surface area contributed by atoms with Crippen LogP contribution in [0.4, 0.5) is 0 Å². The van der Waals surface area contributed by atoms with Crippen LogP contribution in [-0.2, 0) is 17.6 Å². The maximum atomic E-state index is 10.9. The number of hydrogen-bond donors (Lipinski definition) is 1. The molecule has 1 amide bonds. The molecule has 0 radical (unpaired) electrons. The van der Waals surface area contributed by atoms with Crippen molar-refractivity contribution in [3.05, 3.63) is 35.7 Å². The van der Waals surface area contributed by atoms with E-state index in [-0.39, 0.29) is 5.91 Å². The number of benzene rings is 1. The molecule has 0 saturated carbocycles. The highest BCUT2D eigenvalue weighted by molar-refractivity contribution is 5.81. The van der Waals surface area contributed by atoms with E-state index in [1.54, 1.807) is 0 Å². The van der Waals surface area contributed by atoms with Gasteiger partial charge in [0.15, 0.2) is 11.5 Å². The molecule has 4 nitrogen and oxygen atoms in total. The van der Waals surface area contributed by atoms with E-state index in [1.807, 2.05) is 25.1 Å². The lowest BCUT2D eigenvalue weighted by atomic mass is 10.0. The highest BCUT2D eigenvalue weighted by Gasteiger charge is 2.12. The molecule has 1 aromatic heterocycles. The van der Waals surface area contributed by atoms with E-state index in [4.69, 9.17) is 4.42 Å².